The number of aromatic nitrogens is 2. The summed E-state index contributed by atoms with van der Waals surface area (Å²) in [5.74, 6) is -1.10. The van der Waals surface area contributed by atoms with Gasteiger partial charge in [0.15, 0.2) is 0 Å². The van der Waals surface area contributed by atoms with Gasteiger partial charge in [0.05, 0.1) is 4.90 Å². The van der Waals surface area contributed by atoms with Gasteiger partial charge in [0.1, 0.15) is 0 Å². The number of rotatable bonds is 5. The van der Waals surface area contributed by atoms with E-state index in [1.165, 1.54) is 36.7 Å². The zero-order valence-corrected chi connectivity index (χ0v) is 13.8. The van der Waals surface area contributed by atoms with Crippen LogP contribution in [-0.2, 0) is 14.8 Å². The summed E-state index contributed by atoms with van der Waals surface area (Å²) < 4.78 is 26.3. The van der Waals surface area contributed by atoms with Crippen molar-refractivity contribution in [2.24, 2.45) is 0 Å². The van der Waals surface area contributed by atoms with Gasteiger partial charge in [0, 0.05) is 30.9 Å². The maximum absolute atomic E-state index is 12.6. The average molecular weight is 354 g/mol. The van der Waals surface area contributed by atoms with Crippen LogP contribution in [0.1, 0.15) is 5.56 Å². The molecule has 7 heteroatoms. The maximum atomic E-state index is 12.6. The van der Waals surface area contributed by atoms with Crippen LogP contribution in [0.25, 0.3) is 17.2 Å². The van der Waals surface area contributed by atoms with Crippen molar-refractivity contribution in [3.05, 3.63) is 78.9 Å². The molecule has 0 aliphatic rings. The highest BCUT2D eigenvalue weighted by molar-refractivity contribution is 7.90. The second-order valence-corrected chi connectivity index (χ2v) is 7.06. The van der Waals surface area contributed by atoms with Crippen LogP contribution in [-0.4, -0.2) is 28.5 Å². The Kier molecular flexibility index (Phi) is 4.49. The molecule has 3 aromatic rings. The molecular formula is C18H14N2O4S. The maximum Gasteiger partial charge on any atom is 0.328 e. The van der Waals surface area contributed by atoms with Gasteiger partial charge in [-0.15, -0.1) is 0 Å². The van der Waals surface area contributed by atoms with Crippen molar-refractivity contribution in [2.75, 3.05) is 0 Å². The minimum atomic E-state index is -3.74. The summed E-state index contributed by atoms with van der Waals surface area (Å²) >= 11 is 0. The van der Waals surface area contributed by atoms with Crippen LogP contribution in [0.15, 0.2) is 78.2 Å². The topological polar surface area (TPSA) is 89.3 Å². The number of hydrogen-bond acceptors (Lipinski definition) is 4. The lowest BCUT2D eigenvalue weighted by Gasteiger charge is -2.07. The van der Waals surface area contributed by atoms with E-state index in [1.54, 1.807) is 24.5 Å². The molecule has 0 aliphatic heterocycles. The van der Waals surface area contributed by atoms with Gasteiger partial charge in [0.2, 0.25) is 0 Å². The number of nitrogens with zero attached hydrogens (tertiary/aromatic N) is 2. The molecule has 0 saturated heterocycles. The molecule has 2 aromatic heterocycles. The fourth-order valence-electron chi connectivity index (χ4n) is 2.28. The molecule has 25 heavy (non-hydrogen) atoms. The molecule has 0 bridgehead atoms. The molecule has 0 amide bonds. The van der Waals surface area contributed by atoms with Gasteiger partial charge in [-0.3, -0.25) is 4.98 Å². The second-order valence-electron chi connectivity index (χ2n) is 5.22. The van der Waals surface area contributed by atoms with E-state index in [1.807, 2.05) is 12.1 Å². The zero-order valence-electron chi connectivity index (χ0n) is 13.0. The first-order valence-electron chi connectivity index (χ1n) is 7.32. The smallest absolute Gasteiger partial charge is 0.328 e. The van der Waals surface area contributed by atoms with E-state index in [4.69, 9.17) is 5.11 Å². The molecule has 0 unspecified atom stereocenters. The third-order valence-electron chi connectivity index (χ3n) is 3.53. The van der Waals surface area contributed by atoms with Crippen LogP contribution in [0.2, 0.25) is 0 Å². The molecular weight excluding hydrogens is 340 g/mol. The van der Waals surface area contributed by atoms with Crippen LogP contribution in [0.3, 0.4) is 0 Å². The lowest BCUT2D eigenvalue weighted by Crippen LogP contribution is -2.10. The van der Waals surface area contributed by atoms with Gasteiger partial charge in [-0.2, -0.15) is 0 Å². The molecule has 1 aromatic carbocycles. The first kappa shape index (κ1) is 16.7. The number of benzene rings is 1. The van der Waals surface area contributed by atoms with Crippen LogP contribution >= 0.6 is 0 Å². The lowest BCUT2D eigenvalue weighted by molar-refractivity contribution is -0.131. The zero-order chi connectivity index (χ0) is 17.9. The van der Waals surface area contributed by atoms with Crippen molar-refractivity contribution < 1.29 is 18.3 Å². The standard InChI is InChI=1S/C18H14N2O4S/c21-18(22)8-3-14-9-11-20(13-14)25(23,24)17-6-4-15(5-7-17)16-2-1-10-19-12-16/h1-13H,(H,21,22)/b8-3+. The van der Waals surface area contributed by atoms with Crippen LogP contribution in [0.5, 0.6) is 0 Å². The SMILES string of the molecule is O=C(O)/C=C/c1ccn(S(=O)(=O)c2ccc(-c3cccnc3)cc2)c1. The van der Waals surface area contributed by atoms with E-state index < -0.39 is 16.0 Å². The molecule has 0 fully saturated rings. The third-order valence-corrected chi connectivity index (χ3v) is 5.18. The third kappa shape index (κ3) is 3.67. The van der Waals surface area contributed by atoms with E-state index >= 15 is 0 Å². The summed E-state index contributed by atoms with van der Waals surface area (Å²) in [5.41, 5.74) is 2.25. The Morgan fingerprint density at radius 2 is 1.84 bits per heavy atom. The van der Waals surface area contributed by atoms with E-state index in [-0.39, 0.29) is 4.90 Å². The quantitative estimate of drug-likeness (QED) is 0.712. The molecule has 0 radical (unpaired) electrons. The largest absolute Gasteiger partial charge is 0.478 e. The summed E-state index contributed by atoms with van der Waals surface area (Å²) in [4.78, 5) is 14.7. The Morgan fingerprint density at radius 1 is 1.08 bits per heavy atom. The molecule has 3 rings (SSSR count). The summed E-state index contributed by atoms with van der Waals surface area (Å²) in [6.07, 6.45) is 8.41. The molecule has 0 spiro atoms. The number of carboxylic acids is 1. The highest BCUT2D eigenvalue weighted by atomic mass is 32.2. The minimum Gasteiger partial charge on any atom is -0.478 e. The molecule has 0 saturated carbocycles. The first-order chi connectivity index (χ1) is 12.0. The van der Waals surface area contributed by atoms with E-state index in [0.29, 0.717) is 5.56 Å². The second kappa shape index (κ2) is 6.74. The van der Waals surface area contributed by atoms with Crippen molar-refractivity contribution in [3.8, 4) is 11.1 Å². The predicted octanol–water partition coefficient (Wildman–Crippen LogP) is 2.88. The van der Waals surface area contributed by atoms with Crippen LogP contribution in [0, 0.1) is 0 Å². The molecule has 6 nitrogen and oxygen atoms in total. The van der Waals surface area contributed by atoms with Crippen molar-refractivity contribution in [1.82, 2.24) is 8.96 Å². The Morgan fingerprint density at radius 3 is 2.48 bits per heavy atom. The molecule has 0 atom stereocenters. The van der Waals surface area contributed by atoms with E-state index in [0.717, 1.165) is 21.2 Å². The first-order valence-corrected chi connectivity index (χ1v) is 8.76. The van der Waals surface area contributed by atoms with Crippen molar-refractivity contribution >= 4 is 22.1 Å². The fraction of sp³-hybridized carbons (Fsp3) is 0. The number of carbonyl (C=O) groups is 1. The Bertz CT molecular complexity index is 1020. The number of hydrogen-bond donors (Lipinski definition) is 1. The Balaban J connectivity index is 1.89. The van der Waals surface area contributed by atoms with Gasteiger partial charge < -0.3 is 5.11 Å². The molecule has 2 heterocycles. The normalized spacial score (nSPS) is 11.7. The van der Waals surface area contributed by atoms with E-state index in [2.05, 4.69) is 4.98 Å². The van der Waals surface area contributed by atoms with Gasteiger partial charge in [-0.25, -0.2) is 17.2 Å². The highest BCUT2D eigenvalue weighted by Gasteiger charge is 2.16. The van der Waals surface area contributed by atoms with Gasteiger partial charge in [-0.05, 0) is 47.0 Å². The summed E-state index contributed by atoms with van der Waals surface area (Å²) in [5, 5.41) is 8.62. The minimum absolute atomic E-state index is 0.143. The molecule has 1 N–H and O–H groups in total. The summed E-state index contributed by atoms with van der Waals surface area (Å²) in [6.45, 7) is 0. The van der Waals surface area contributed by atoms with Crippen LogP contribution in [0.4, 0.5) is 0 Å². The monoisotopic (exact) mass is 354 g/mol. The summed E-state index contributed by atoms with van der Waals surface area (Å²) in [7, 11) is -3.74. The van der Waals surface area contributed by atoms with Gasteiger partial charge >= 0.3 is 5.97 Å². The average Bonchev–Trinajstić information content (AvgIpc) is 3.11. The van der Waals surface area contributed by atoms with Crippen molar-refractivity contribution in [2.45, 2.75) is 4.90 Å². The van der Waals surface area contributed by atoms with Crippen molar-refractivity contribution in [3.63, 3.8) is 0 Å². The van der Waals surface area contributed by atoms with Crippen molar-refractivity contribution in [1.29, 1.82) is 0 Å². The summed E-state index contributed by atoms with van der Waals surface area (Å²) in [6, 6.07) is 11.7. The fourth-order valence-corrected chi connectivity index (χ4v) is 3.49. The van der Waals surface area contributed by atoms with E-state index in [9.17, 15) is 13.2 Å². The predicted molar refractivity (Wildman–Crippen MR) is 93.4 cm³/mol. The van der Waals surface area contributed by atoms with Gasteiger partial charge in [0.25, 0.3) is 10.0 Å². The number of aliphatic carboxylic acids is 1. The lowest BCUT2D eigenvalue weighted by atomic mass is 10.1. The molecule has 0 aliphatic carbocycles. The highest BCUT2D eigenvalue weighted by Crippen LogP contribution is 2.22. The van der Waals surface area contributed by atoms with Crippen LogP contribution < -0.4 is 0 Å². The molecule has 126 valence electrons. The Labute approximate surface area is 144 Å². The Hall–Kier alpha value is -3.19. The number of pyridine rings is 1. The number of carboxylic acid groups (broad SMARTS) is 1. The van der Waals surface area contributed by atoms with Gasteiger partial charge in [-0.1, -0.05) is 18.2 Å².